The fraction of sp³-hybridized carbons (Fsp3) is 0.190. The molecule has 0 saturated carbocycles. The third-order valence-electron chi connectivity index (χ3n) is 3.90. The lowest BCUT2D eigenvalue weighted by Gasteiger charge is -2.22. The zero-order valence-corrected chi connectivity index (χ0v) is 18.3. The quantitative estimate of drug-likeness (QED) is 0.336. The molecule has 0 aliphatic carbocycles. The molecular weight excluding hydrogens is 454 g/mol. The molecule has 0 fully saturated rings. The van der Waals surface area contributed by atoms with Gasteiger partial charge >= 0.3 is 5.97 Å². The van der Waals surface area contributed by atoms with Crippen molar-refractivity contribution in [3.63, 3.8) is 0 Å². The Morgan fingerprint density at radius 1 is 1.21 bits per heavy atom. The van der Waals surface area contributed by atoms with Gasteiger partial charge in [0.25, 0.3) is 5.84 Å². The Bertz CT molecular complexity index is 927. The van der Waals surface area contributed by atoms with Crippen LogP contribution >= 0.6 is 27.7 Å². The molecule has 8 heteroatoms. The van der Waals surface area contributed by atoms with Crippen LogP contribution in [0.25, 0.3) is 0 Å². The Hall–Kier alpha value is -2.58. The summed E-state index contributed by atoms with van der Waals surface area (Å²) in [5, 5.41) is 6.83. The van der Waals surface area contributed by atoms with Gasteiger partial charge < -0.3 is 9.47 Å². The van der Waals surface area contributed by atoms with Crippen molar-refractivity contribution in [3.8, 4) is 11.5 Å². The zero-order valence-electron chi connectivity index (χ0n) is 15.9. The van der Waals surface area contributed by atoms with Gasteiger partial charge in [-0.1, -0.05) is 34.1 Å². The molecule has 0 aromatic heterocycles. The van der Waals surface area contributed by atoms with Gasteiger partial charge in [-0.25, -0.2) is 9.79 Å². The Balaban J connectivity index is 1.70. The number of halogens is 1. The zero-order chi connectivity index (χ0) is 20.6. The standard InChI is InChI=1S/C21H20BrN3O3S/c1-3-12-25-13-19(29-14-15-4-6-16(22)7-5-15)23-20(24-25)21(26)28-18-10-8-17(27-2)9-11-18/h3-11H,1,12-14H2,2H3. The van der Waals surface area contributed by atoms with Crippen LogP contribution in [0.3, 0.4) is 0 Å². The normalized spacial score (nSPS) is 13.4. The van der Waals surface area contributed by atoms with Crippen molar-refractivity contribution >= 4 is 44.5 Å². The topological polar surface area (TPSA) is 63.5 Å². The van der Waals surface area contributed by atoms with Gasteiger partial charge in [-0.3, -0.25) is 5.01 Å². The summed E-state index contributed by atoms with van der Waals surface area (Å²) in [4.78, 5) is 17.0. The van der Waals surface area contributed by atoms with Crippen molar-refractivity contribution in [1.82, 2.24) is 5.01 Å². The number of hydrazone groups is 1. The maximum absolute atomic E-state index is 12.6. The highest BCUT2D eigenvalue weighted by Crippen LogP contribution is 2.21. The van der Waals surface area contributed by atoms with Crippen LogP contribution in [0.5, 0.6) is 11.5 Å². The van der Waals surface area contributed by atoms with E-state index in [0.717, 1.165) is 15.3 Å². The SMILES string of the molecule is C=CCN1CC(SCc2ccc(Br)cc2)=NC(C(=O)Oc2ccc(OC)cc2)=N1. The Morgan fingerprint density at radius 3 is 2.55 bits per heavy atom. The van der Waals surface area contributed by atoms with Gasteiger partial charge in [0.15, 0.2) is 0 Å². The van der Waals surface area contributed by atoms with Crippen molar-refractivity contribution in [2.45, 2.75) is 5.75 Å². The van der Waals surface area contributed by atoms with Crippen LogP contribution in [0.2, 0.25) is 0 Å². The number of methoxy groups -OCH3 is 1. The van der Waals surface area contributed by atoms with E-state index >= 15 is 0 Å². The summed E-state index contributed by atoms with van der Waals surface area (Å²) in [7, 11) is 1.58. The number of carbonyl (C=O) groups is 1. The first kappa shape index (κ1) is 21.1. The number of carbonyl (C=O) groups excluding carboxylic acids is 1. The second-order valence-electron chi connectivity index (χ2n) is 6.05. The Morgan fingerprint density at radius 2 is 1.90 bits per heavy atom. The third-order valence-corrected chi connectivity index (χ3v) is 5.46. The number of esters is 1. The van der Waals surface area contributed by atoms with Crippen molar-refractivity contribution in [2.75, 3.05) is 20.2 Å². The van der Waals surface area contributed by atoms with Crippen LogP contribution in [0.15, 0.2) is 75.8 Å². The van der Waals surface area contributed by atoms with E-state index in [0.29, 0.717) is 24.6 Å². The smallest absolute Gasteiger partial charge is 0.383 e. The number of aliphatic imine (C=N–C) groups is 1. The first-order valence-electron chi connectivity index (χ1n) is 8.83. The van der Waals surface area contributed by atoms with Crippen LogP contribution < -0.4 is 9.47 Å². The second kappa shape index (κ2) is 10.3. The van der Waals surface area contributed by atoms with Crippen molar-refractivity contribution in [2.24, 2.45) is 10.1 Å². The lowest BCUT2D eigenvalue weighted by Crippen LogP contribution is -2.33. The first-order valence-corrected chi connectivity index (χ1v) is 10.6. The van der Waals surface area contributed by atoms with Gasteiger partial charge in [-0.2, -0.15) is 0 Å². The van der Waals surface area contributed by atoms with E-state index < -0.39 is 5.97 Å². The third kappa shape index (κ3) is 6.20. The van der Waals surface area contributed by atoms with Crippen molar-refractivity contribution in [1.29, 1.82) is 0 Å². The van der Waals surface area contributed by atoms with Crippen LogP contribution in [0.4, 0.5) is 0 Å². The molecule has 1 heterocycles. The van der Waals surface area contributed by atoms with E-state index in [4.69, 9.17) is 9.47 Å². The van der Waals surface area contributed by atoms with E-state index in [9.17, 15) is 4.79 Å². The number of thioether (sulfide) groups is 1. The molecule has 1 aliphatic rings. The molecule has 29 heavy (non-hydrogen) atoms. The van der Waals surface area contributed by atoms with E-state index in [1.807, 2.05) is 12.1 Å². The fourth-order valence-electron chi connectivity index (χ4n) is 2.46. The predicted molar refractivity (Wildman–Crippen MR) is 121 cm³/mol. The number of hydrogen-bond acceptors (Lipinski definition) is 7. The molecule has 1 aliphatic heterocycles. The van der Waals surface area contributed by atoms with Crippen LogP contribution in [0, 0.1) is 0 Å². The highest BCUT2D eigenvalue weighted by Gasteiger charge is 2.22. The molecular formula is C21H20BrN3O3S. The molecule has 0 N–H and O–H groups in total. The highest BCUT2D eigenvalue weighted by atomic mass is 79.9. The molecule has 0 atom stereocenters. The van der Waals surface area contributed by atoms with Crippen LogP contribution in [-0.4, -0.2) is 42.1 Å². The highest BCUT2D eigenvalue weighted by molar-refractivity contribution is 9.10. The minimum absolute atomic E-state index is 0.0206. The Labute approximate surface area is 182 Å². The van der Waals surface area contributed by atoms with Gasteiger partial charge in [0.1, 0.15) is 11.5 Å². The van der Waals surface area contributed by atoms with Gasteiger partial charge in [-0.15, -0.1) is 23.4 Å². The molecule has 2 aromatic rings. The van der Waals surface area contributed by atoms with Crippen LogP contribution in [-0.2, 0) is 10.5 Å². The van der Waals surface area contributed by atoms with Gasteiger partial charge in [0.05, 0.1) is 25.2 Å². The van der Waals surface area contributed by atoms with Gasteiger partial charge in [-0.05, 0) is 42.0 Å². The summed E-state index contributed by atoms with van der Waals surface area (Å²) in [5.41, 5.74) is 1.17. The molecule has 3 rings (SSSR count). The monoisotopic (exact) mass is 473 g/mol. The summed E-state index contributed by atoms with van der Waals surface area (Å²) < 4.78 is 11.5. The first-order chi connectivity index (χ1) is 14.1. The number of benzene rings is 2. The number of ether oxygens (including phenoxy) is 2. The molecule has 0 radical (unpaired) electrons. The molecule has 0 unspecified atom stereocenters. The molecule has 0 bridgehead atoms. The molecule has 0 amide bonds. The molecule has 2 aromatic carbocycles. The summed E-state index contributed by atoms with van der Waals surface area (Å²) in [6.07, 6.45) is 1.73. The second-order valence-corrected chi connectivity index (χ2v) is 8.01. The van der Waals surface area contributed by atoms with E-state index in [1.165, 1.54) is 5.56 Å². The van der Waals surface area contributed by atoms with E-state index in [1.54, 1.807) is 54.2 Å². The number of nitrogens with zero attached hydrogens (tertiary/aromatic N) is 3. The average Bonchev–Trinajstić information content (AvgIpc) is 2.74. The number of rotatable bonds is 7. The maximum Gasteiger partial charge on any atom is 0.383 e. The molecule has 6 nitrogen and oxygen atoms in total. The van der Waals surface area contributed by atoms with Crippen LogP contribution in [0.1, 0.15) is 5.56 Å². The molecule has 0 saturated heterocycles. The molecule has 150 valence electrons. The summed E-state index contributed by atoms with van der Waals surface area (Å²) in [5.74, 6) is 1.24. The summed E-state index contributed by atoms with van der Waals surface area (Å²) in [6, 6.07) is 14.9. The summed E-state index contributed by atoms with van der Waals surface area (Å²) in [6.45, 7) is 4.78. The largest absolute Gasteiger partial charge is 0.497 e. The summed E-state index contributed by atoms with van der Waals surface area (Å²) >= 11 is 5.01. The predicted octanol–water partition coefficient (Wildman–Crippen LogP) is 4.51. The minimum atomic E-state index is -0.606. The van der Waals surface area contributed by atoms with Crippen molar-refractivity contribution < 1.29 is 14.3 Å². The maximum atomic E-state index is 12.6. The average molecular weight is 474 g/mol. The fourth-order valence-corrected chi connectivity index (χ4v) is 3.65. The number of hydrogen-bond donors (Lipinski definition) is 0. The number of amidine groups is 1. The molecule has 0 spiro atoms. The van der Waals surface area contributed by atoms with E-state index in [2.05, 4.69) is 44.7 Å². The van der Waals surface area contributed by atoms with Gasteiger partial charge in [0.2, 0.25) is 0 Å². The Kier molecular flexibility index (Phi) is 7.48. The minimum Gasteiger partial charge on any atom is -0.497 e. The lowest BCUT2D eigenvalue weighted by molar-refractivity contribution is -0.127. The van der Waals surface area contributed by atoms with Gasteiger partial charge in [0, 0.05) is 10.2 Å². The van der Waals surface area contributed by atoms with Crippen molar-refractivity contribution in [3.05, 3.63) is 71.2 Å². The lowest BCUT2D eigenvalue weighted by atomic mass is 10.2. The van der Waals surface area contributed by atoms with E-state index in [-0.39, 0.29) is 5.84 Å².